The van der Waals surface area contributed by atoms with Crippen molar-refractivity contribution in [2.45, 2.75) is 392 Å². The third kappa shape index (κ3) is 69.9. The summed E-state index contributed by atoms with van der Waals surface area (Å²) in [5.41, 5.74) is 0. The van der Waals surface area contributed by atoms with Gasteiger partial charge >= 0.3 is 13.8 Å². The smallest absolute Gasteiger partial charge is 0.456 e. The Morgan fingerprint density at radius 2 is 0.685 bits per heavy atom. The molecule has 3 atom stereocenters. The molecule has 3 unspecified atom stereocenters. The van der Waals surface area contributed by atoms with Gasteiger partial charge in [0.1, 0.15) is 19.3 Å². The Morgan fingerprint density at radius 1 is 0.393 bits per heavy atom. The van der Waals surface area contributed by atoms with Crippen LogP contribution in [-0.4, -0.2) is 74.3 Å². The topological polar surface area (TPSA) is 111 Å². The minimum atomic E-state index is -4.46. The maximum absolute atomic E-state index is 13.7. The third-order valence-electron chi connectivity index (χ3n) is 17.5. The highest BCUT2D eigenvalue weighted by atomic mass is 31.2. The van der Waals surface area contributed by atoms with Crippen LogP contribution in [0.5, 0.6) is 0 Å². The molecule has 1 amide bonds. The summed E-state index contributed by atoms with van der Waals surface area (Å²) in [5.74, 6) is -0.493. The molecule has 0 bridgehead atoms. The fourth-order valence-electron chi connectivity index (χ4n) is 11.5. The quantitative estimate of drug-likeness (QED) is 0.0205. The Bertz CT molecular complexity index is 1700. The predicted molar refractivity (Wildman–Crippen MR) is 388 cm³/mol. The minimum absolute atomic E-state index is 0.0396. The van der Waals surface area contributed by atoms with Crippen molar-refractivity contribution in [2.24, 2.45) is 0 Å². The van der Waals surface area contributed by atoms with E-state index in [1.165, 1.54) is 257 Å². The molecular formula is C79H150N2O7P+. The van der Waals surface area contributed by atoms with Crippen molar-refractivity contribution in [2.75, 3.05) is 40.9 Å². The molecular weight excluding hydrogens is 1120 g/mol. The van der Waals surface area contributed by atoms with E-state index in [1.807, 2.05) is 27.2 Å². The number of nitrogens with one attached hydrogen (secondary N) is 1. The van der Waals surface area contributed by atoms with Crippen LogP contribution in [0, 0.1) is 0 Å². The summed E-state index contributed by atoms with van der Waals surface area (Å²) < 4.78 is 30.9. The van der Waals surface area contributed by atoms with Gasteiger partial charge in [-0.15, -0.1) is 0 Å². The van der Waals surface area contributed by atoms with E-state index in [1.54, 1.807) is 0 Å². The van der Waals surface area contributed by atoms with Crippen LogP contribution in [0.15, 0.2) is 60.8 Å². The van der Waals surface area contributed by atoms with Gasteiger partial charge in [-0.2, -0.15) is 0 Å². The first-order chi connectivity index (χ1) is 43.4. The highest BCUT2D eigenvalue weighted by Crippen LogP contribution is 2.43. The monoisotopic (exact) mass is 1270 g/mol. The zero-order chi connectivity index (χ0) is 64.9. The summed E-state index contributed by atoms with van der Waals surface area (Å²) in [4.78, 5) is 38.0. The van der Waals surface area contributed by atoms with Crippen LogP contribution in [0.1, 0.15) is 380 Å². The summed E-state index contributed by atoms with van der Waals surface area (Å²) in [5, 5.41) is 3.08. The predicted octanol–water partition coefficient (Wildman–Crippen LogP) is 24.9. The van der Waals surface area contributed by atoms with Crippen LogP contribution in [0.3, 0.4) is 0 Å². The molecule has 0 rings (SSSR count). The second-order valence-corrected chi connectivity index (χ2v) is 29.0. The van der Waals surface area contributed by atoms with Crippen molar-refractivity contribution in [3.8, 4) is 0 Å². The number of carbonyl (C=O) groups excluding carboxylic acids is 2. The van der Waals surface area contributed by atoms with Crippen LogP contribution >= 0.6 is 7.82 Å². The second-order valence-electron chi connectivity index (χ2n) is 27.5. The molecule has 0 saturated heterocycles. The van der Waals surface area contributed by atoms with E-state index in [4.69, 9.17) is 13.8 Å². The molecule has 0 aromatic heterocycles. The molecule has 0 aliphatic rings. The first kappa shape index (κ1) is 86.7. The number of ether oxygens (including phenoxy) is 1. The first-order valence-corrected chi connectivity index (χ1v) is 40.1. The number of unbranched alkanes of at least 4 members (excludes halogenated alkanes) is 47. The molecule has 2 N–H and O–H groups in total. The Kier molecular flexibility index (Phi) is 66.8. The number of nitrogens with zero attached hydrogens (tertiary/aromatic N) is 1. The Hall–Kier alpha value is -2.29. The van der Waals surface area contributed by atoms with Gasteiger partial charge in [-0.05, 0) is 76.7 Å². The first-order valence-electron chi connectivity index (χ1n) is 38.6. The van der Waals surface area contributed by atoms with E-state index < -0.39 is 20.0 Å². The fraction of sp³-hybridized carbons (Fsp3) is 0.848. The number of hydrogen-bond acceptors (Lipinski definition) is 6. The van der Waals surface area contributed by atoms with Crippen molar-refractivity contribution >= 4 is 19.7 Å². The van der Waals surface area contributed by atoms with Gasteiger partial charge in [-0.3, -0.25) is 18.6 Å². The van der Waals surface area contributed by atoms with Gasteiger partial charge in [0.15, 0.2) is 0 Å². The molecule has 0 spiro atoms. The number of esters is 1. The number of rotatable bonds is 71. The number of allylic oxidation sites excluding steroid dienone is 9. The van der Waals surface area contributed by atoms with Crippen molar-refractivity contribution in [3.05, 3.63) is 60.8 Å². The van der Waals surface area contributed by atoms with Crippen LogP contribution < -0.4 is 5.32 Å². The number of hydrogen-bond donors (Lipinski definition) is 2. The number of phosphoric acid groups is 1. The normalized spacial score (nSPS) is 13.7. The minimum Gasteiger partial charge on any atom is -0.456 e. The van der Waals surface area contributed by atoms with Gasteiger partial charge in [0.25, 0.3) is 0 Å². The fourth-order valence-corrected chi connectivity index (χ4v) is 12.3. The van der Waals surface area contributed by atoms with E-state index >= 15 is 0 Å². The summed E-state index contributed by atoms with van der Waals surface area (Å²) in [6, 6.07) is -0.853. The highest BCUT2D eigenvalue weighted by molar-refractivity contribution is 7.47. The number of carbonyl (C=O) groups is 2. The Labute approximate surface area is 553 Å². The number of quaternary nitrogens is 1. The lowest BCUT2D eigenvalue weighted by molar-refractivity contribution is -0.870. The van der Waals surface area contributed by atoms with Gasteiger partial charge < -0.3 is 19.4 Å². The largest absolute Gasteiger partial charge is 0.472 e. The van der Waals surface area contributed by atoms with Crippen LogP contribution in [0.25, 0.3) is 0 Å². The summed E-state index contributed by atoms with van der Waals surface area (Å²) in [6.45, 7) is 7.04. The Balaban J connectivity index is 5.01. The maximum atomic E-state index is 13.7. The lowest BCUT2D eigenvalue weighted by Gasteiger charge is -2.27. The maximum Gasteiger partial charge on any atom is 0.472 e. The zero-order valence-corrected chi connectivity index (χ0v) is 60.8. The van der Waals surface area contributed by atoms with E-state index in [0.717, 1.165) is 89.9 Å². The molecule has 0 aliphatic carbocycles. The highest BCUT2D eigenvalue weighted by Gasteiger charge is 2.30. The molecule has 0 aromatic carbocycles. The van der Waals surface area contributed by atoms with E-state index in [-0.39, 0.29) is 25.1 Å². The molecule has 0 radical (unpaired) electrons. The van der Waals surface area contributed by atoms with Gasteiger partial charge in [-0.1, -0.05) is 352 Å². The standard InChI is InChI=1S/C79H149N2O7P/c1-7-10-13-16-19-22-25-28-30-32-34-36-38-40-42-44-46-48-50-53-56-59-62-65-68-71-78(82)80-76(75-87-89(84,85)86-74-73-81(4,5)6)77(70-67-64-61-58-55-52-27-24-21-18-15-12-9-3)88-79(83)72-69-66-63-60-57-54-51-49-47-45-43-41-39-37-35-33-31-29-26-23-20-17-14-11-8-2/h19,22,28,30,34,36,40,42,67,70,76-77H,7-18,20-21,23-27,29,31-33,35,37-39,41,43-66,68-69,71-75H2,1-6H3,(H-,80,82,84,85)/p+1/b22-19-,30-28-,36-34-,42-40-,70-67+. The van der Waals surface area contributed by atoms with E-state index in [9.17, 15) is 19.0 Å². The molecule has 0 aliphatic heterocycles. The van der Waals surface area contributed by atoms with Crippen LogP contribution in [0.2, 0.25) is 0 Å². The average molecular weight is 1270 g/mol. The molecule has 0 saturated carbocycles. The molecule has 522 valence electrons. The molecule has 89 heavy (non-hydrogen) atoms. The van der Waals surface area contributed by atoms with Gasteiger partial charge in [0.05, 0.1) is 33.8 Å². The molecule has 0 heterocycles. The Morgan fingerprint density at radius 3 is 1.04 bits per heavy atom. The van der Waals surface area contributed by atoms with E-state index in [0.29, 0.717) is 23.9 Å². The van der Waals surface area contributed by atoms with Crippen molar-refractivity contribution in [1.82, 2.24) is 5.32 Å². The molecule has 9 nitrogen and oxygen atoms in total. The van der Waals surface area contributed by atoms with E-state index in [2.05, 4.69) is 80.8 Å². The zero-order valence-electron chi connectivity index (χ0n) is 59.9. The van der Waals surface area contributed by atoms with Crippen LogP contribution in [0.4, 0.5) is 0 Å². The second kappa shape index (κ2) is 68.6. The molecule has 0 fully saturated rings. The van der Waals surface area contributed by atoms with Crippen molar-refractivity contribution in [3.63, 3.8) is 0 Å². The van der Waals surface area contributed by atoms with Gasteiger partial charge in [-0.25, -0.2) is 4.57 Å². The third-order valence-corrected chi connectivity index (χ3v) is 18.4. The van der Waals surface area contributed by atoms with Gasteiger partial charge in [0, 0.05) is 12.8 Å². The number of amides is 1. The van der Waals surface area contributed by atoms with Crippen LogP contribution in [-0.2, 0) is 27.9 Å². The van der Waals surface area contributed by atoms with Gasteiger partial charge in [0.2, 0.25) is 5.91 Å². The SMILES string of the molecule is CCCCC/C=C\C/C=C\C/C=C\C/C=C\CCCCCCCCCCCC(=O)NC(COP(=O)(O)OCC[N+](C)(C)C)C(/C=C/CCCCCCCCCCCCC)OC(=O)CCCCCCCCCCCCCCCCCCCCCCCCCCC. The summed E-state index contributed by atoms with van der Waals surface area (Å²) in [7, 11) is 1.50. The lowest BCUT2D eigenvalue weighted by atomic mass is 10.0. The number of phosphoric ester groups is 1. The average Bonchev–Trinajstić information content (AvgIpc) is 3.67. The summed E-state index contributed by atoms with van der Waals surface area (Å²) >= 11 is 0. The van der Waals surface area contributed by atoms with Crippen molar-refractivity contribution in [1.29, 1.82) is 0 Å². The lowest BCUT2D eigenvalue weighted by Crippen LogP contribution is -2.47. The number of likely N-dealkylation sites (N-methyl/N-ethyl adjacent to an activating group) is 1. The summed E-state index contributed by atoms with van der Waals surface area (Å²) in [6.07, 6.45) is 89.6. The van der Waals surface area contributed by atoms with Crippen molar-refractivity contribution < 1.29 is 37.3 Å². The molecule has 0 aromatic rings. The molecule has 10 heteroatoms.